The molecule has 1 unspecified atom stereocenters. The van der Waals surface area contributed by atoms with E-state index in [0.717, 1.165) is 29.4 Å². The molecule has 2 rings (SSSR count). The molecule has 3 nitrogen and oxygen atoms in total. The number of rotatable bonds is 2. The van der Waals surface area contributed by atoms with Gasteiger partial charge in [-0.1, -0.05) is 35.8 Å². The Labute approximate surface area is 142 Å². The van der Waals surface area contributed by atoms with Crippen molar-refractivity contribution in [1.82, 2.24) is 0 Å². The van der Waals surface area contributed by atoms with Crippen LogP contribution in [0.25, 0.3) is 0 Å². The molecule has 1 atom stereocenters. The van der Waals surface area contributed by atoms with Gasteiger partial charge in [0.15, 0.2) is 0 Å². The SMILES string of the molecule is CC(C)CC1CCc2ccc(Br)cc2N1C(=O)OC(C)(C)C. The van der Waals surface area contributed by atoms with Gasteiger partial charge in [-0.15, -0.1) is 0 Å². The Balaban J connectivity index is 2.37. The topological polar surface area (TPSA) is 29.5 Å². The minimum absolute atomic E-state index is 0.205. The van der Waals surface area contributed by atoms with Crippen molar-refractivity contribution < 1.29 is 9.53 Å². The molecule has 1 aromatic carbocycles. The van der Waals surface area contributed by atoms with E-state index in [0.29, 0.717) is 5.92 Å². The van der Waals surface area contributed by atoms with Crippen molar-refractivity contribution >= 4 is 27.7 Å². The molecule has 1 aromatic rings. The monoisotopic (exact) mass is 367 g/mol. The van der Waals surface area contributed by atoms with Crippen molar-refractivity contribution in [2.24, 2.45) is 5.92 Å². The maximum absolute atomic E-state index is 12.8. The molecule has 1 amide bonds. The third-order valence-corrected chi connectivity index (χ3v) is 4.25. The molecule has 0 saturated heterocycles. The lowest BCUT2D eigenvalue weighted by atomic mass is 9.91. The van der Waals surface area contributed by atoms with Crippen LogP contribution in [0.5, 0.6) is 0 Å². The maximum Gasteiger partial charge on any atom is 0.415 e. The van der Waals surface area contributed by atoms with E-state index in [1.807, 2.05) is 37.8 Å². The predicted molar refractivity (Wildman–Crippen MR) is 94.4 cm³/mol. The second-order valence-corrected chi connectivity index (χ2v) is 8.36. The Hall–Kier alpha value is -1.03. The molecule has 1 heterocycles. The molecule has 0 fully saturated rings. The first kappa shape index (κ1) is 17.3. The second kappa shape index (κ2) is 6.61. The Morgan fingerprint density at radius 3 is 2.68 bits per heavy atom. The van der Waals surface area contributed by atoms with Gasteiger partial charge in [-0.2, -0.15) is 0 Å². The van der Waals surface area contributed by atoms with Gasteiger partial charge in [0.1, 0.15) is 5.60 Å². The average molecular weight is 368 g/mol. The van der Waals surface area contributed by atoms with Gasteiger partial charge in [0.25, 0.3) is 0 Å². The predicted octanol–water partition coefficient (Wildman–Crippen LogP) is 5.55. The lowest BCUT2D eigenvalue weighted by molar-refractivity contribution is 0.0556. The number of aryl methyl sites for hydroxylation is 1. The molecule has 0 radical (unpaired) electrons. The zero-order valence-corrected chi connectivity index (χ0v) is 15.7. The third kappa shape index (κ3) is 4.25. The third-order valence-electron chi connectivity index (χ3n) is 3.75. The molecular weight excluding hydrogens is 342 g/mol. The lowest BCUT2D eigenvalue weighted by Gasteiger charge is -2.39. The van der Waals surface area contributed by atoms with Gasteiger partial charge in [0.2, 0.25) is 0 Å². The summed E-state index contributed by atoms with van der Waals surface area (Å²) in [5, 5.41) is 0. The molecule has 0 aliphatic carbocycles. The van der Waals surface area contributed by atoms with Gasteiger partial charge in [-0.3, -0.25) is 4.90 Å². The number of nitrogens with zero attached hydrogens (tertiary/aromatic N) is 1. The zero-order valence-electron chi connectivity index (χ0n) is 14.1. The normalized spacial score (nSPS) is 18.3. The number of amides is 1. The molecule has 1 aliphatic heterocycles. The summed E-state index contributed by atoms with van der Waals surface area (Å²) in [4.78, 5) is 14.6. The summed E-state index contributed by atoms with van der Waals surface area (Å²) in [6.07, 6.45) is 2.76. The summed E-state index contributed by atoms with van der Waals surface area (Å²) >= 11 is 3.52. The number of carbonyl (C=O) groups is 1. The number of hydrogen-bond acceptors (Lipinski definition) is 2. The standard InChI is InChI=1S/C18H26BrNO2/c1-12(2)10-15-9-7-13-6-8-14(19)11-16(13)20(15)17(21)22-18(3,4)5/h6,8,11-12,15H,7,9-10H2,1-5H3. The van der Waals surface area contributed by atoms with E-state index in [4.69, 9.17) is 4.74 Å². The number of anilines is 1. The van der Waals surface area contributed by atoms with Gasteiger partial charge in [0.05, 0.1) is 5.69 Å². The van der Waals surface area contributed by atoms with Crippen LogP contribution in [-0.2, 0) is 11.2 Å². The van der Waals surface area contributed by atoms with Crippen LogP contribution in [0.3, 0.4) is 0 Å². The Morgan fingerprint density at radius 2 is 2.09 bits per heavy atom. The van der Waals surface area contributed by atoms with E-state index >= 15 is 0 Å². The summed E-state index contributed by atoms with van der Waals surface area (Å²) < 4.78 is 6.65. The van der Waals surface area contributed by atoms with Crippen molar-refractivity contribution in [1.29, 1.82) is 0 Å². The fourth-order valence-corrected chi connectivity index (χ4v) is 3.30. The Kier molecular flexibility index (Phi) is 5.21. The van der Waals surface area contributed by atoms with Crippen LogP contribution in [0.15, 0.2) is 22.7 Å². The molecule has 22 heavy (non-hydrogen) atoms. The maximum atomic E-state index is 12.8. The van der Waals surface area contributed by atoms with Crippen molar-refractivity contribution in [3.8, 4) is 0 Å². The summed E-state index contributed by atoms with van der Waals surface area (Å²) in [6, 6.07) is 6.37. The highest BCUT2D eigenvalue weighted by Crippen LogP contribution is 2.36. The van der Waals surface area contributed by atoms with E-state index in [2.05, 4.69) is 35.8 Å². The van der Waals surface area contributed by atoms with Gasteiger partial charge in [0, 0.05) is 10.5 Å². The molecule has 4 heteroatoms. The number of halogens is 1. The van der Waals surface area contributed by atoms with Crippen molar-refractivity contribution in [3.63, 3.8) is 0 Å². The summed E-state index contributed by atoms with van der Waals surface area (Å²) in [5.41, 5.74) is 1.72. The van der Waals surface area contributed by atoms with Crippen LogP contribution in [0.4, 0.5) is 10.5 Å². The molecule has 1 aliphatic rings. The van der Waals surface area contributed by atoms with E-state index in [1.54, 1.807) is 0 Å². The van der Waals surface area contributed by atoms with Gasteiger partial charge in [-0.05, 0) is 63.6 Å². The van der Waals surface area contributed by atoms with Gasteiger partial charge in [-0.25, -0.2) is 4.79 Å². The number of carbonyl (C=O) groups excluding carboxylic acids is 1. The quantitative estimate of drug-likeness (QED) is 0.685. The summed E-state index contributed by atoms with van der Waals surface area (Å²) in [6.45, 7) is 10.1. The highest BCUT2D eigenvalue weighted by atomic mass is 79.9. The Bertz CT molecular complexity index is 549. The summed E-state index contributed by atoms with van der Waals surface area (Å²) in [7, 11) is 0. The molecule has 0 N–H and O–H groups in total. The van der Waals surface area contributed by atoms with E-state index in [1.165, 1.54) is 5.56 Å². The van der Waals surface area contributed by atoms with Crippen molar-refractivity contribution in [2.45, 2.75) is 65.5 Å². The fraction of sp³-hybridized carbons (Fsp3) is 0.611. The van der Waals surface area contributed by atoms with Crippen LogP contribution >= 0.6 is 15.9 Å². The van der Waals surface area contributed by atoms with Crippen LogP contribution in [0, 0.1) is 5.92 Å². The lowest BCUT2D eigenvalue weighted by Crippen LogP contribution is -2.46. The van der Waals surface area contributed by atoms with E-state index in [-0.39, 0.29) is 12.1 Å². The molecule has 122 valence electrons. The molecule has 0 aromatic heterocycles. The zero-order chi connectivity index (χ0) is 16.5. The smallest absolute Gasteiger partial charge is 0.415 e. The van der Waals surface area contributed by atoms with Gasteiger partial charge < -0.3 is 4.74 Å². The fourth-order valence-electron chi connectivity index (χ4n) is 2.95. The minimum Gasteiger partial charge on any atom is -0.443 e. The number of benzene rings is 1. The van der Waals surface area contributed by atoms with E-state index in [9.17, 15) is 4.79 Å². The van der Waals surface area contributed by atoms with Crippen LogP contribution in [0.1, 0.15) is 53.0 Å². The first-order valence-corrected chi connectivity index (χ1v) is 8.77. The first-order valence-electron chi connectivity index (χ1n) is 7.98. The van der Waals surface area contributed by atoms with Gasteiger partial charge >= 0.3 is 6.09 Å². The van der Waals surface area contributed by atoms with Crippen molar-refractivity contribution in [3.05, 3.63) is 28.2 Å². The highest BCUT2D eigenvalue weighted by molar-refractivity contribution is 9.10. The number of fused-ring (bicyclic) bond motifs is 1. The van der Waals surface area contributed by atoms with E-state index < -0.39 is 5.60 Å². The van der Waals surface area contributed by atoms with Crippen LogP contribution < -0.4 is 4.90 Å². The highest BCUT2D eigenvalue weighted by Gasteiger charge is 2.34. The molecule has 0 saturated carbocycles. The molecule has 0 spiro atoms. The Morgan fingerprint density at radius 1 is 1.41 bits per heavy atom. The number of ether oxygens (including phenoxy) is 1. The largest absolute Gasteiger partial charge is 0.443 e. The average Bonchev–Trinajstić information content (AvgIpc) is 2.35. The van der Waals surface area contributed by atoms with Crippen LogP contribution in [-0.4, -0.2) is 17.7 Å². The number of hydrogen-bond donors (Lipinski definition) is 0. The first-order chi connectivity index (χ1) is 10.2. The second-order valence-electron chi connectivity index (χ2n) is 7.45. The molecule has 0 bridgehead atoms. The van der Waals surface area contributed by atoms with Crippen molar-refractivity contribution in [2.75, 3.05) is 4.90 Å². The van der Waals surface area contributed by atoms with Crippen LogP contribution in [0.2, 0.25) is 0 Å². The minimum atomic E-state index is -0.483. The summed E-state index contributed by atoms with van der Waals surface area (Å²) in [5.74, 6) is 0.545. The molecular formula is C18H26BrNO2.